The molecular weight excluding hydrogens is 374 g/mol. The van der Waals surface area contributed by atoms with Crippen molar-refractivity contribution in [3.05, 3.63) is 22.4 Å². The summed E-state index contributed by atoms with van der Waals surface area (Å²) in [6.45, 7) is 9.52. The molecule has 2 amide bonds. The van der Waals surface area contributed by atoms with Crippen molar-refractivity contribution in [2.75, 3.05) is 13.1 Å². The van der Waals surface area contributed by atoms with E-state index in [-0.39, 0.29) is 18.0 Å². The number of piperidine rings is 1. The van der Waals surface area contributed by atoms with Crippen molar-refractivity contribution < 1.29 is 14.3 Å². The molecule has 0 aliphatic carbocycles. The van der Waals surface area contributed by atoms with E-state index in [0.717, 1.165) is 23.9 Å². The molecule has 134 valence electrons. The molecule has 1 fully saturated rings. The second-order valence-corrected chi connectivity index (χ2v) is 7.96. The highest BCUT2D eigenvalue weighted by molar-refractivity contribution is 9.10. The highest BCUT2D eigenvalue weighted by Crippen LogP contribution is 2.18. The Hall–Kier alpha value is -1.50. The van der Waals surface area contributed by atoms with Crippen molar-refractivity contribution in [2.24, 2.45) is 0 Å². The quantitative estimate of drug-likeness (QED) is 0.846. The first kappa shape index (κ1) is 18.8. The van der Waals surface area contributed by atoms with Gasteiger partial charge in [-0.25, -0.2) is 4.79 Å². The van der Waals surface area contributed by atoms with Crippen molar-refractivity contribution >= 4 is 27.9 Å². The van der Waals surface area contributed by atoms with Gasteiger partial charge in [-0.1, -0.05) is 0 Å². The fourth-order valence-electron chi connectivity index (χ4n) is 2.72. The molecule has 0 spiro atoms. The number of carbonyl (C=O) groups excluding carboxylic acids is 2. The van der Waals surface area contributed by atoms with Crippen LogP contribution < -0.4 is 5.32 Å². The summed E-state index contributed by atoms with van der Waals surface area (Å²) in [6, 6.07) is 1.91. The van der Waals surface area contributed by atoms with Gasteiger partial charge in [-0.3, -0.25) is 4.79 Å². The van der Waals surface area contributed by atoms with Crippen LogP contribution in [-0.4, -0.2) is 46.2 Å². The molecule has 0 atom stereocenters. The molecule has 2 heterocycles. The van der Waals surface area contributed by atoms with Crippen LogP contribution in [0.15, 0.2) is 16.7 Å². The number of halogens is 1. The van der Waals surface area contributed by atoms with Crippen LogP contribution in [-0.2, 0) is 11.3 Å². The van der Waals surface area contributed by atoms with Gasteiger partial charge in [-0.2, -0.15) is 0 Å². The minimum absolute atomic E-state index is 0.0710. The second kappa shape index (κ2) is 7.59. The number of amides is 2. The molecule has 7 heteroatoms. The minimum atomic E-state index is -0.485. The summed E-state index contributed by atoms with van der Waals surface area (Å²) in [6.07, 6.45) is 3.09. The van der Waals surface area contributed by atoms with Gasteiger partial charge < -0.3 is 19.5 Å². The molecule has 0 unspecified atom stereocenters. The number of likely N-dealkylation sites (tertiary alicyclic amines) is 1. The Morgan fingerprint density at radius 1 is 1.33 bits per heavy atom. The lowest BCUT2D eigenvalue weighted by Crippen LogP contribution is -2.48. The van der Waals surface area contributed by atoms with Gasteiger partial charge in [0.2, 0.25) is 0 Å². The fraction of sp³-hybridized carbons (Fsp3) is 0.647. The molecule has 24 heavy (non-hydrogen) atoms. The van der Waals surface area contributed by atoms with E-state index in [0.29, 0.717) is 18.8 Å². The molecule has 1 N–H and O–H groups in total. The summed E-state index contributed by atoms with van der Waals surface area (Å²) in [7, 11) is 0. The standard InChI is InChI=1S/C17H26BrN3O3/c1-5-20-11-12(18)10-14(20)15(22)19-13-6-8-21(9-7-13)16(23)24-17(2,3)4/h10-11,13H,5-9H2,1-4H3,(H,19,22). The van der Waals surface area contributed by atoms with Gasteiger partial charge in [0.25, 0.3) is 5.91 Å². The molecule has 1 saturated heterocycles. The van der Waals surface area contributed by atoms with E-state index in [9.17, 15) is 9.59 Å². The molecule has 1 aromatic heterocycles. The lowest BCUT2D eigenvalue weighted by atomic mass is 10.1. The van der Waals surface area contributed by atoms with E-state index in [4.69, 9.17) is 4.74 Å². The van der Waals surface area contributed by atoms with Crippen molar-refractivity contribution in [2.45, 2.75) is 58.7 Å². The molecule has 0 aromatic carbocycles. The topological polar surface area (TPSA) is 63.6 Å². The smallest absolute Gasteiger partial charge is 0.410 e. The molecule has 1 aliphatic rings. The SMILES string of the molecule is CCn1cc(Br)cc1C(=O)NC1CCN(C(=O)OC(C)(C)C)CC1. The number of aromatic nitrogens is 1. The maximum absolute atomic E-state index is 12.5. The summed E-state index contributed by atoms with van der Waals surface area (Å²) >= 11 is 3.41. The number of carbonyl (C=O) groups is 2. The van der Waals surface area contributed by atoms with Crippen molar-refractivity contribution in [3.8, 4) is 0 Å². The third-order valence-electron chi connectivity index (χ3n) is 3.92. The van der Waals surface area contributed by atoms with E-state index in [1.54, 1.807) is 4.90 Å². The van der Waals surface area contributed by atoms with Crippen molar-refractivity contribution in [1.82, 2.24) is 14.8 Å². The first-order valence-corrected chi connectivity index (χ1v) is 9.13. The molecular formula is C17H26BrN3O3. The van der Waals surface area contributed by atoms with Crippen LogP contribution in [0.1, 0.15) is 51.0 Å². The Morgan fingerprint density at radius 3 is 2.50 bits per heavy atom. The Labute approximate surface area is 151 Å². The van der Waals surface area contributed by atoms with E-state index < -0.39 is 5.60 Å². The normalized spacial score (nSPS) is 16.1. The summed E-state index contributed by atoms with van der Waals surface area (Å²) < 4.78 is 8.20. The van der Waals surface area contributed by atoms with Crippen LogP contribution >= 0.6 is 15.9 Å². The van der Waals surface area contributed by atoms with Crippen LogP contribution in [0.2, 0.25) is 0 Å². The van der Waals surface area contributed by atoms with Crippen LogP contribution in [0.4, 0.5) is 4.79 Å². The van der Waals surface area contributed by atoms with Gasteiger partial charge in [0, 0.05) is 36.3 Å². The van der Waals surface area contributed by atoms with Crippen LogP contribution in [0.25, 0.3) is 0 Å². The molecule has 6 nitrogen and oxygen atoms in total. The average Bonchev–Trinajstić information content (AvgIpc) is 2.87. The highest BCUT2D eigenvalue weighted by atomic mass is 79.9. The van der Waals surface area contributed by atoms with Crippen molar-refractivity contribution in [1.29, 1.82) is 0 Å². The number of nitrogens with zero attached hydrogens (tertiary/aromatic N) is 2. The van der Waals surface area contributed by atoms with Gasteiger partial charge in [0.1, 0.15) is 11.3 Å². The summed E-state index contributed by atoms with van der Waals surface area (Å²) in [4.78, 5) is 26.2. The summed E-state index contributed by atoms with van der Waals surface area (Å²) in [5, 5.41) is 3.07. The number of hydrogen-bond donors (Lipinski definition) is 1. The van der Waals surface area contributed by atoms with Gasteiger partial charge in [0.05, 0.1) is 0 Å². The van der Waals surface area contributed by atoms with Gasteiger partial charge in [0.15, 0.2) is 0 Å². The van der Waals surface area contributed by atoms with E-state index in [1.807, 2.05) is 44.5 Å². The number of ether oxygens (including phenoxy) is 1. The second-order valence-electron chi connectivity index (χ2n) is 7.04. The van der Waals surface area contributed by atoms with E-state index >= 15 is 0 Å². The minimum Gasteiger partial charge on any atom is -0.444 e. The third-order valence-corrected chi connectivity index (χ3v) is 4.35. The summed E-state index contributed by atoms with van der Waals surface area (Å²) in [5.74, 6) is -0.0710. The van der Waals surface area contributed by atoms with Gasteiger partial charge in [-0.05, 0) is 62.5 Å². The van der Waals surface area contributed by atoms with Crippen LogP contribution in [0, 0.1) is 0 Å². The predicted molar refractivity (Wildman–Crippen MR) is 96.1 cm³/mol. The van der Waals surface area contributed by atoms with Crippen molar-refractivity contribution in [3.63, 3.8) is 0 Å². The van der Waals surface area contributed by atoms with Gasteiger partial charge >= 0.3 is 6.09 Å². The Kier molecular flexibility index (Phi) is 5.96. The Bertz CT molecular complexity index is 599. The first-order chi connectivity index (χ1) is 11.2. The third kappa shape index (κ3) is 5.00. The number of hydrogen-bond acceptors (Lipinski definition) is 3. The van der Waals surface area contributed by atoms with E-state index in [1.165, 1.54) is 0 Å². The molecule has 1 aliphatic heterocycles. The fourth-order valence-corrected chi connectivity index (χ4v) is 3.18. The molecule has 1 aromatic rings. The average molecular weight is 400 g/mol. The zero-order valence-corrected chi connectivity index (χ0v) is 16.4. The molecule has 0 radical (unpaired) electrons. The number of aryl methyl sites for hydroxylation is 1. The monoisotopic (exact) mass is 399 g/mol. The van der Waals surface area contributed by atoms with E-state index in [2.05, 4.69) is 21.2 Å². The summed E-state index contributed by atoms with van der Waals surface area (Å²) in [5.41, 5.74) is 0.167. The van der Waals surface area contributed by atoms with Gasteiger partial charge in [-0.15, -0.1) is 0 Å². The maximum Gasteiger partial charge on any atom is 0.410 e. The maximum atomic E-state index is 12.5. The Balaban J connectivity index is 1.86. The first-order valence-electron chi connectivity index (χ1n) is 8.34. The molecule has 0 saturated carbocycles. The highest BCUT2D eigenvalue weighted by Gasteiger charge is 2.28. The molecule has 0 bridgehead atoms. The Morgan fingerprint density at radius 2 is 1.96 bits per heavy atom. The lowest BCUT2D eigenvalue weighted by molar-refractivity contribution is 0.0199. The zero-order valence-electron chi connectivity index (χ0n) is 14.8. The molecule has 2 rings (SSSR count). The zero-order chi connectivity index (χ0) is 17.9. The predicted octanol–water partition coefficient (Wildman–Crippen LogP) is 3.40. The van der Waals surface area contributed by atoms with Crippen LogP contribution in [0.5, 0.6) is 0 Å². The largest absolute Gasteiger partial charge is 0.444 e. The lowest BCUT2D eigenvalue weighted by Gasteiger charge is -2.33. The number of nitrogens with one attached hydrogen (secondary N) is 1. The number of rotatable bonds is 3. The van der Waals surface area contributed by atoms with Crippen LogP contribution in [0.3, 0.4) is 0 Å².